The topological polar surface area (TPSA) is 80.9 Å². The van der Waals surface area contributed by atoms with Crippen molar-refractivity contribution < 1.29 is 20.4 Å². The van der Waals surface area contributed by atoms with Crippen LogP contribution >= 0.6 is 0 Å². The normalized spacial score (nSPS) is 47.3. The van der Waals surface area contributed by atoms with Crippen LogP contribution in [-0.4, -0.2) is 43.8 Å². The summed E-state index contributed by atoms with van der Waals surface area (Å²) >= 11 is 0. The fraction of sp³-hybridized carbons (Fsp3) is 1.00. The molecule has 0 heterocycles. The lowest BCUT2D eigenvalue weighted by Crippen LogP contribution is -2.57. The van der Waals surface area contributed by atoms with Gasteiger partial charge in [-0.15, -0.1) is 0 Å². The van der Waals surface area contributed by atoms with Crippen LogP contribution in [0.5, 0.6) is 0 Å². The van der Waals surface area contributed by atoms with Crippen LogP contribution in [0.25, 0.3) is 0 Å². The van der Waals surface area contributed by atoms with Gasteiger partial charge >= 0.3 is 0 Å². The molecule has 2 rings (SSSR count). The summed E-state index contributed by atoms with van der Waals surface area (Å²) in [4.78, 5) is 0. The Morgan fingerprint density at radius 3 is 2.06 bits per heavy atom. The Labute approximate surface area is 109 Å². The summed E-state index contributed by atoms with van der Waals surface area (Å²) in [5, 5.41) is 41.0. The first-order valence-electron chi connectivity index (χ1n) is 7.26. The molecule has 0 spiro atoms. The lowest BCUT2D eigenvalue weighted by atomic mass is 9.67. The smallest absolute Gasteiger partial charge is 0.0957 e. The molecule has 0 aromatic heterocycles. The van der Waals surface area contributed by atoms with Crippen molar-refractivity contribution >= 4 is 0 Å². The predicted octanol–water partition coefficient (Wildman–Crippen LogP) is 1.10. The summed E-state index contributed by atoms with van der Waals surface area (Å²) < 4.78 is 0. The average Bonchev–Trinajstić information content (AvgIpc) is 2.29. The van der Waals surface area contributed by atoms with E-state index >= 15 is 0 Å². The lowest BCUT2D eigenvalue weighted by molar-refractivity contribution is -0.194. The van der Waals surface area contributed by atoms with Gasteiger partial charge in [0, 0.05) is 6.42 Å². The molecule has 0 amide bonds. The van der Waals surface area contributed by atoms with E-state index < -0.39 is 17.3 Å². The first kappa shape index (κ1) is 14.3. The SMILES string of the molecule is OC1CCCCC(O)(C2(O)CCCC(O)C2)CC1. The minimum absolute atomic E-state index is 0.263. The molecule has 4 nitrogen and oxygen atoms in total. The first-order chi connectivity index (χ1) is 8.45. The molecule has 0 aromatic rings. The quantitative estimate of drug-likeness (QED) is 0.568. The van der Waals surface area contributed by atoms with Gasteiger partial charge in [-0.1, -0.05) is 12.8 Å². The van der Waals surface area contributed by atoms with Crippen LogP contribution in [-0.2, 0) is 0 Å². The average molecular weight is 258 g/mol. The van der Waals surface area contributed by atoms with E-state index in [9.17, 15) is 20.4 Å². The van der Waals surface area contributed by atoms with E-state index in [0.717, 1.165) is 25.7 Å². The van der Waals surface area contributed by atoms with Crippen LogP contribution in [0, 0.1) is 0 Å². The maximum Gasteiger partial charge on any atom is 0.0957 e. The number of aliphatic hydroxyl groups is 4. The molecule has 2 aliphatic rings. The van der Waals surface area contributed by atoms with Gasteiger partial charge in [-0.2, -0.15) is 0 Å². The van der Waals surface area contributed by atoms with Crippen molar-refractivity contribution in [2.75, 3.05) is 0 Å². The second-order valence-electron chi connectivity index (χ2n) is 6.25. The maximum atomic E-state index is 10.8. The molecule has 2 saturated carbocycles. The van der Waals surface area contributed by atoms with Gasteiger partial charge in [0.15, 0.2) is 0 Å². The van der Waals surface area contributed by atoms with Gasteiger partial charge in [0.2, 0.25) is 0 Å². The fourth-order valence-electron chi connectivity index (χ4n) is 3.58. The van der Waals surface area contributed by atoms with Crippen molar-refractivity contribution in [1.82, 2.24) is 0 Å². The number of hydrogen-bond donors (Lipinski definition) is 4. The molecule has 4 unspecified atom stereocenters. The zero-order chi connectivity index (χ0) is 13.2. The summed E-state index contributed by atoms with van der Waals surface area (Å²) in [6, 6.07) is 0. The van der Waals surface area contributed by atoms with Crippen molar-refractivity contribution in [1.29, 1.82) is 0 Å². The van der Waals surface area contributed by atoms with Gasteiger partial charge in [0.25, 0.3) is 0 Å². The van der Waals surface area contributed by atoms with E-state index in [1.165, 1.54) is 0 Å². The minimum atomic E-state index is -1.18. The molecule has 0 bridgehead atoms. The van der Waals surface area contributed by atoms with E-state index in [2.05, 4.69) is 0 Å². The second kappa shape index (κ2) is 5.45. The lowest BCUT2D eigenvalue weighted by Gasteiger charge is -2.48. The molecule has 106 valence electrons. The molecule has 2 aliphatic carbocycles. The summed E-state index contributed by atoms with van der Waals surface area (Å²) in [7, 11) is 0. The highest BCUT2D eigenvalue weighted by atomic mass is 16.4. The van der Waals surface area contributed by atoms with Crippen molar-refractivity contribution in [3.8, 4) is 0 Å². The first-order valence-corrected chi connectivity index (χ1v) is 7.26. The Balaban J connectivity index is 2.11. The fourth-order valence-corrected chi connectivity index (χ4v) is 3.58. The zero-order valence-corrected chi connectivity index (χ0v) is 11.0. The van der Waals surface area contributed by atoms with E-state index in [-0.39, 0.29) is 12.5 Å². The number of rotatable bonds is 1. The Kier molecular flexibility index (Phi) is 4.32. The minimum Gasteiger partial charge on any atom is -0.393 e. The van der Waals surface area contributed by atoms with Crippen LogP contribution in [0.4, 0.5) is 0 Å². The predicted molar refractivity (Wildman–Crippen MR) is 68.1 cm³/mol. The molecular formula is C14H26O4. The monoisotopic (exact) mass is 258 g/mol. The van der Waals surface area contributed by atoms with E-state index in [4.69, 9.17) is 0 Å². The van der Waals surface area contributed by atoms with Crippen molar-refractivity contribution in [2.24, 2.45) is 0 Å². The molecule has 0 aliphatic heterocycles. The largest absolute Gasteiger partial charge is 0.393 e. The number of aliphatic hydroxyl groups excluding tert-OH is 2. The summed E-state index contributed by atoms with van der Waals surface area (Å²) in [5.41, 5.74) is -2.32. The Morgan fingerprint density at radius 1 is 0.667 bits per heavy atom. The van der Waals surface area contributed by atoms with Gasteiger partial charge in [0.05, 0.1) is 23.4 Å². The van der Waals surface area contributed by atoms with Crippen LogP contribution in [0.15, 0.2) is 0 Å². The van der Waals surface area contributed by atoms with Crippen molar-refractivity contribution in [2.45, 2.75) is 87.6 Å². The van der Waals surface area contributed by atoms with Crippen LogP contribution in [0.2, 0.25) is 0 Å². The summed E-state index contributed by atoms with van der Waals surface area (Å²) in [5.74, 6) is 0. The zero-order valence-electron chi connectivity index (χ0n) is 11.0. The van der Waals surface area contributed by atoms with Crippen LogP contribution in [0.3, 0.4) is 0 Å². The molecular weight excluding hydrogens is 232 g/mol. The Bertz CT molecular complexity index is 283. The standard InChI is InChI=1S/C14H26O4/c15-11-4-1-2-7-13(17,9-6-11)14(18)8-3-5-12(16)10-14/h11-12,15-18H,1-10H2. The van der Waals surface area contributed by atoms with Crippen molar-refractivity contribution in [3.63, 3.8) is 0 Å². The Morgan fingerprint density at radius 2 is 1.33 bits per heavy atom. The summed E-state index contributed by atoms with van der Waals surface area (Å²) in [6.07, 6.45) is 5.44. The van der Waals surface area contributed by atoms with E-state index in [1.807, 2.05) is 0 Å². The van der Waals surface area contributed by atoms with Gasteiger partial charge < -0.3 is 20.4 Å². The highest BCUT2D eigenvalue weighted by Crippen LogP contribution is 2.43. The van der Waals surface area contributed by atoms with Crippen LogP contribution < -0.4 is 0 Å². The van der Waals surface area contributed by atoms with Crippen LogP contribution in [0.1, 0.15) is 64.2 Å². The molecule has 0 aromatic carbocycles. The highest BCUT2D eigenvalue weighted by Gasteiger charge is 2.50. The van der Waals surface area contributed by atoms with E-state index in [1.54, 1.807) is 0 Å². The molecule has 2 fully saturated rings. The highest BCUT2D eigenvalue weighted by molar-refractivity contribution is 5.03. The molecule has 0 saturated heterocycles. The molecule has 18 heavy (non-hydrogen) atoms. The molecule has 0 radical (unpaired) electrons. The molecule has 4 N–H and O–H groups in total. The second-order valence-corrected chi connectivity index (χ2v) is 6.25. The van der Waals surface area contributed by atoms with Gasteiger partial charge in [-0.05, 0) is 44.9 Å². The summed E-state index contributed by atoms with van der Waals surface area (Å²) in [6.45, 7) is 0. The number of hydrogen-bond acceptors (Lipinski definition) is 4. The third-order valence-corrected chi connectivity index (χ3v) is 4.84. The van der Waals surface area contributed by atoms with Crippen molar-refractivity contribution in [3.05, 3.63) is 0 Å². The third-order valence-electron chi connectivity index (χ3n) is 4.84. The maximum absolute atomic E-state index is 10.8. The Hall–Kier alpha value is -0.160. The van der Waals surface area contributed by atoms with Gasteiger partial charge in [-0.25, -0.2) is 0 Å². The third kappa shape index (κ3) is 2.87. The molecule has 4 heteroatoms. The molecule has 4 atom stereocenters. The van der Waals surface area contributed by atoms with E-state index in [0.29, 0.717) is 32.1 Å². The van der Waals surface area contributed by atoms with Gasteiger partial charge in [-0.3, -0.25) is 0 Å². The van der Waals surface area contributed by atoms with Gasteiger partial charge in [0.1, 0.15) is 0 Å².